The summed E-state index contributed by atoms with van der Waals surface area (Å²) < 4.78 is 26.1. The van der Waals surface area contributed by atoms with Crippen LogP contribution in [0.1, 0.15) is 0 Å². The van der Waals surface area contributed by atoms with Crippen molar-refractivity contribution >= 4 is 184 Å². The van der Waals surface area contributed by atoms with Gasteiger partial charge in [-0.25, -0.2) is 19.9 Å². The summed E-state index contributed by atoms with van der Waals surface area (Å²) in [5, 5.41) is 20.6. The number of para-hydroxylation sites is 3. The van der Waals surface area contributed by atoms with Crippen molar-refractivity contribution in [3.8, 4) is 34.4 Å². The summed E-state index contributed by atoms with van der Waals surface area (Å²) in [7, 11) is 0. The van der Waals surface area contributed by atoms with E-state index in [0.717, 1.165) is 126 Å². The Morgan fingerprint density at radius 1 is 0.266 bits per heavy atom. The van der Waals surface area contributed by atoms with Crippen LogP contribution in [0.15, 0.2) is 292 Å². The molecule has 0 unspecified atom stereocenters. The second-order valence-corrected chi connectivity index (χ2v) is 25.4. The maximum absolute atomic E-state index is 6.65. The van der Waals surface area contributed by atoms with Crippen LogP contribution in [-0.2, 0) is 0 Å². The van der Waals surface area contributed by atoms with Crippen LogP contribution in [0.2, 0.25) is 0 Å². The first-order chi connectivity index (χ1) is 46.6. The molecule has 9 nitrogen and oxygen atoms in total. The van der Waals surface area contributed by atoms with E-state index in [0.29, 0.717) is 23.0 Å². The zero-order chi connectivity index (χ0) is 61.3. The molecule has 436 valence electrons. The van der Waals surface area contributed by atoms with E-state index >= 15 is 0 Å². The number of nitrogens with zero attached hydrogens (tertiary/aromatic N) is 6. The molecule has 0 spiro atoms. The minimum Gasteiger partial charge on any atom is -0.456 e. The van der Waals surface area contributed by atoms with Gasteiger partial charge in [0.1, 0.15) is 33.4 Å². The van der Waals surface area contributed by atoms with Gasteiger partial charge in [-0.2, -0.15) is 0 Å². The number of benzene rings is 14. The van der Waals surface area contributed by atoms with Crippen molar-refractivity contribution in [3.05, 3.63) is 279 Å². The molecular formula is C84H46N6O3S. The smallest absolute Gasteiger partial charge is 0.197 e. The lowest BCUT2D eigenvalue weighted by Gasteiger charge is -2.12. The second kappa shape index (κ2) is 19.5. The van der Waals surface area contributed by atoms with Crippen LogP contribution >= 0.6 is 11.3 Å². The SMILES string of the molecule is c1ccc2cc3c(cc2c1)c1c2ccccc2ccc1n3-c1nc(-c2cccc3oc4ccccc4c23)nc2c1sc1ccccc12.c1ccc2cc3c(cc2c1)c1cc2ccccc2cc1n3-c1nc(-c2cccc3oc4ccccc4c23)nc2c1oc1ccccc12. The summed E-state index contributed by atoms with van der Waals surface area (Å²) in [4.78, 5) is 21.5. The molecule has 10 heteroatoms. The predicted octanol–water partition coefficient (Wildman–Crippen LogP) is 23.2. The van der Waals surface area contributed by atoms with Crippen LogP contribution in [0, 0.1) is 0 Å². The van der Waals surface area contributed by atoms with Gasteiger partial charge in [-0.1, -0.05) is 194 Å². The molecule has 0 N–H and O–H groups in total. The summed E-state index contributed by atoms with van der Waals surface area (Å²) in [6.45, 7) is 0. The van der Waals surface area contributed by atoms with Gasteiger partial charge in [-0.05, 0) is 128 Å². The molecule has 8 heterocycles. The van der Waals surface area contributed by atoms with Gasteiger partial charge in [-0.3, -0.25) is 9.13 Å². The molecule has 14 aromatic carbocycles. The molecule has 0 radical (unpaired) electrons. The highest BCUT2D eigenvalue weighted by molar-refractivity contribution is 7.26. The molecular weight excluding hydrogens is 1170 g/mol. The normalized spacial score (nSPS) is 12.3. The fourth-order valence-electron chi connectivity index (χ4n) is 14.9. The van der Waals surface area contributed by atoms with Crippen molar-refractivity contribution in [1.29, 1.82) is 0 Å². The number of hydrogen-bond donors (Lipinski definition) is 0. The van der Waals surface area contributed by atoms with Crippen molar-refractivity contribution in [2.24, 2.45) is 0 Å². The number of furan rings is 3. The standard InChI is InChI=1S/C42H23N3O2.C42H23N3OS/c1-3-12-26-22-33-31(20-24(26)10-1)32-21-25-11-2-4-13-27(25)23-34(32)45(33)42-40-39(29-15-6-8-18-36(29)47-40)43-41(44-42)30-16-9-19-37-38(30)28-14-5-7-17-35(28)46-37;1-2-12-26-23-33-31(22-25(26)11-1)37-27-13-4-3-10-24(27)20-21-32(37)45(33)42-40-39(29-15-6-8-19-36(29)47-40)43-41(44-42)30-16-9-18-35-38(30)28-14-5-7-17-34(28)46-35/h2*1-23H. The van der Waals surface area contributed by atoms with Crippen molar-refractivity contribution in [2.75, 3.05) is 0 Å². The molecule has 0 aliphatic rings. The predicted molar refractivity (Wildman–Crippen MR) is 388 cm³/mol. The number of aromatic nitrogens is 6. The summed E-state index contributed by atoms with van der Waals surface area (Å²) in [5.74, 6) is 2.90. The van der Waals surface area contributed by atoms with Gasteiger partial charge < -0.3 is 13.3 Å². The summed E-state index contributed by atoms with van der Waals surface area (Å²) >= 11 is 1.76. The van der Waals surface area contributed by atoms with Crippen molar-refractivity contribution in [1.82, 2.24) is 29.1 Å². The zero-order valence-electron chi connectivity index (χ0n) is 49.9. The van der Waals surface area contributed by atoms with Gasteiger partial charge in [0.2, 0.25) is 0 Å². The lowest BCUT2D eigenvalue weighted by Crippen LogP contribution is -2.02. The Labute approximate surface area is 536 Å². The van der Waals surface area contributed by atoms with E-state index in [1.807, 2.05) is 72.8 Å². The van der Waals surface area contributed by atoms with E-state index in [-0.39, 0.29) is 0 Å². The molecule has 0 saturated carbocycles. The van der Waals surface area contributed by atoms with Gasteiger partial charge >= 0.3 is 0 Å². The Kier molecular flexibility index (Phi) is 10.6. The lowest BCUT2D eigenvalue weighted by atomic mass is 10.0. The molecule has 0 fully saturated rings. The highest BCUT2D eigenvalue weighted by Gasteiger charge is 2.27. The van der Waals surface area contributed by atoms with Crippen LogP contribution in [-0.4, -0.2) is 29.1 Å². The van der Waals surface area contributed by atoms with Crippen LogP contribution < -0.4 is 0 Å². The average molecular weight is 1220 g/mol. The first-order valence-corrected chi connectivity index (χ1v) is 32.3. The third kappa shape index (κ3) is 7.45. The molecule has 0 amide bonds. The van der Waals surface area contributed by atoms with Crippen LogP contribution in [0.5, 0.6) is 0 Å². The second-order valence-electron chi connectivity index (χ2n) is 24.3. The monoisotopic (exact) mass is 1220 g/mol. The van der Waals surface area contributed by atoms with Gasteiger partial charge in [0.05, 0.1) is 32.3 Å². The van der Waals surface area contributed by atoms with E-state index in [4.69, 9.17) is 33.2 Å². The van der Waals surface area contributed by atoms with E-state index in [2.05, 4.69) is 215 Å². The van der Waals surface area contributed by atoms with Crippen molar-refractivity contribution in [3.63, 3.8) is 0 Å². The molecule has 94 heavy (non-hydrogen) atoms. The Morgan fingerprint density at radius 3 is 1.28 bits per heavy atom. The molecule has 0 aliphatic heterocycles. The highest BCUT2D eigenvalue weighted by Crippen LogP contribution is 2.47. The van der Waals surface area contributed by atoms with Gasteiger partial charge in [0.15, 0.2) is 28.9 Å². The topological polar surface area (TPSA) is 101 Å². The van der Waals surface area contributed by atoms with E-state index < -0.39 is 0 Å². The van der Waals surface area contributed by atoms with Gasteiger partial charge in [-0.15, -0.1) is 11.3 Å². The maximum atomic E-state index is 6.65. The van der Waals surface area contributed by atoms with Crippen LogP contribution in [0.4, 0.5) is 0 Å². The largest absolute Gasteiger partial charge is 0.456 e. The Hall–Kier alpha value is -12.5. The average Bonchev–Trinajstić information content (AvgIpc) is 1.56. The maximum Gasteiger partial charge on any atom is 0.197 e. The van der Waals surface area contributed by atoms with Gasteiger partial charge in [0.25, 0.3) is 0 Å². The van der Waals surface area contributed by atoms with E-state index in [1.165, 1.54) is 58.6 Å². The fourth-order valence-corrected chi connectivity index (χ4v) is 16.1. The van der Waals surface area contributed by atoms with E-state index in [9.17, 15) is 0 Å². The van der Waals surface area contributed by atoms with E-state index in [1.54, 1.807) is 11.3 Å². The summed E-state index contributed by atoms with van der Waals surface area (Å²) in [6, 6.07) is 98.0. The molecule has 0 bridgehead atoms. The van der Waals surface area contributed by atoms with Crippen molar-refractivity contribution in [2.45, 2.75) is 0 Å². The Bertz CT molecular complexity index is 6690. The molecule has 0 aliphatic carbocycles. The van der Waals surface area contributed by atoms with Crippen LogP contribution in [0.3, 0.4) is 0 Å². The minimum atomic E-state index is 0.618. The quantitative estimate of drug-likeness (QED) is 0.173. The van der Waals surface area contributed by atoms with Crippen LogP contribution in [0.25, 0.3) is 207 Å². The Balaban J connectivity index is 0.000000126. The molecule has 8 aromatic heterocycles. The number of hydrogen-bond acceptors (Lipinski definition) is 8. The number of thiophene rings is 1. The summed E-state index contributed by atoms with van der Waals surface area (Å²) in [6.07, 6.45) is 0. The molecule has 22 aromatic rings. The fraction of sp³-hybridized carbons (Fsp3) is 0. The number of rotatable bonds is 4. The third-order valence-electron chi connectivity index (χ3n) is 19.1. The highest BCUT2D eigenvalue weighted by atomic mass is 32.1. The minimum absolute atomic E-state index is 0.618. The Morgan fingerprint density at radius 2 is 0.691 bits per heavy atom. The summed E-state index contributed by atoms with van der Waals surface area (Å²) in [5.41, 5.74) is 12.8. The van der Waals surface area contributed by atoms with Gasteiger partial charge in [0, 0.05) is 69.7 Å². The lowest BCUT2D eigenvalue weighted by molar-refractivity contribution is 0.662. The molecule has 0 saturated heterocycles. The molecule has 22 rings (SSSR count). The first kappa shape index (κ1) is 51.3. The third-order valence-corrected chi connectivity index (χ3v) is 20.3. The van der Waals surface area contributed by atoms with Crippen molar-refractivity contribution < 1.29 is 13.3 Å². The molecule has 0 atom stereocenters. The zero-order valence-corrected chi connectivity index (χ0v) is 50.7. The first-order valence-electron chi connectivity index (χ1n) is 31.5. The number of fused-ring (bicyclic) bond motifs is 23.